The molecular formula is C26H23ClN2OS. The van der Waals surface area contributed by atoms with Gasteiger partial charge < -0.3 is 4.74 Å². The Morgan fingerprint density at radius 2 is 1.77 bits per heavy atom. The number of fused-ring (bicyclic) bond motifs is 3. The fourth-order valence-electron chi connectivity index (χ4n) is 4.31. The van der Waals surface area contributed by atoms with Crippen LogP contribution in [0.2, 0.25) is 0 Å². The first-order chi connectivity index (χ1) is 14.7. The molecule has 5 heteroatoms. The predicted octanol–water partition coefficient (Wildman–Crippen LogP) is 7.06. The molecule has 2 heterocycles. The molecule has 0 amide bonds. The van der Waals surface area contributed by atoms with Crippen LogP contribution in [-0.2, 0) is 12.8 Å². The highest BCUT2D eigenvalue weighted by atomic mass is 35.5. The zero-order valence-electron chi connectivity index (χ0n) is 17.5. The van der Waals surface area contributed by atoms with Crippen LogP contribution < -0.4 is 4.74 Å². The lowest BCUT2D eigenvalue weighted by molar-refractivity contribution is 0.415. The molecule has 3 nitrogen and oxygen atoms in total. The van der Waals surface area contributed by atoms with E-state index in [4.69, 9.17) is 15.0 Å². The summed E-state index contributed by atoms with van der Waals surface area (Å²) < 4.78 is 5.36. The van der Waals surface area contributed by atoms with Crippen LogP contribution in [0.3, 0.4) is 0 Å². The molecule has 1 aliphatic carbocycles. The highest BCUT2D eigenvalue weighted by Crippen LogP contribution is 2.43. The minimum absolute atomic E-state index is 0. The summed E-state index contributed by atoms with van der Waals surface area (Å²) in [6.45, 7) is 2.34. The molecule has 0 bridgehead atoms. The molecule has 0 spiro atoms. The summed E-state index contributed by atoms with van der Waals surface area (Å²) >= 11 is 1.85. The van der Waals surface area contributed by atoms with Gasteiger partial charge in [-0.05, 0) is 72.2 Å². The second kappa shape index (κ2) is 8.70. The van der Waals surface area contributed by atoms with Gasteiger partial charge in [-0.2, -0.15) is 5.26 Å². The molecule has 0 N–H and O–H groups in total. The van der Waals surface area contributed by atoms with Crippen LogP contribution in [-0.4, -0.2) is 12.1 Å². The number of aromatic nitrogens is 1. The molecule has 1 atom stereocenters. The van der Waals surface area contributed by atoms with Crippen LogP contribution in [0, 0.1) is 17.2 Å². The van der Waals surface area contributed by atoms with Crippen LogP contribution in [0.15, 0.2) is 54.6 Å². The topological polar surface area (TPSA) is 45.9 Å². The van der Waals surface area contributed by atoms with Crippen molar-refractivity contribution >= 4 is 34.0 Å². The van der Waals surface area contributed by atoms with Gasteiger partial charge in [0.1, 0.15) is 10.6 Å². The van der Waals surface area contributed by atoms with Gasteiger partial charge in [0.15, 0.2) is 0 Å². The van der Waals surface area contributed by atoms with Crippen molar-refractivity contribution in [2.45, 2.75) is 26.2 Å². The number of ether oxygens (including phenoxy) is 1. The summed E-state index contributed by atoms with van der Waals surface area (Å²) in [4.78, 5) is 7.66. The van der Waals surface area contributed by atoms with E-state index in [1.165, 1.54) is 33.4 Å². The Kier molecular flexibility index (Phi) is 6.00. The summed E-state index contributed by atoms with van der Waals surface area (Å²) in [6, 6.07) is 20.4. The summed E-state index contributed by atoms with van der Waals surface area (Å²) in [5.41, 5.74) is 6.54. The van der Waals surface area contributed by atoms with Gasteiger partial charge in [-0.25, -0.2) is 4.98 Å². The van der Waals surface area contributed by atoms with E-state index in [-0.39, 0.29) is 12.4 Å². The van der Waals surface area contributed by atoms with Crippen LogP contribution in [0.4, 0.5) is 0 Å². The molecule has 1 unspecified atom stereocenters. The summed E-state index contributed by atoms with van der Waals surface area (Å²) in [5.74, 6) is 1.59. The van der Waals surface area contributed by atoms with Gasteiger partial charge in [0.25, 0.3) is 0 Å². The number of benzene rings is 2. The van der Waals surface area contributed by atoms with Crippen molar-refractivity contribution in [3.63, 3.8) is 0 Å². The second-order valence-electron chi connectivity index (χ2n) is 8.00. The lowest BCUT2D eigenvalue weighted by Gasteiger charge is -2.18. The third-order valence-corrected chi connectivity index (χ3v) is 7.12. The molecule has 4 aromatic rings. The summed E-state index contributed by atoms with van der Waals surface area (Å²) in [7, 11) is 1.69. The zero-order valence-corrected chi connectivity index (χ0v) is 19.1. The number of hydrogen-bond donors (Lipinski definition) is 0. The number of nitrogens with zero attached hydrogens (tertiary/aromatic N) is 2. The van der Waals surface area contributed by atoms with Crippen LogP contribution in [0.1, 0.15) is 29.3 Å². The molecule has 0 radical (unpaired) electrons. The molecule has 0 fully saturated rings. The van der Waals surface area contributed by atoms with E-state index in [1.807, 2.05) is 47.7 Å². The summed E-state index contributed by atoms with van der Waals surface area (Å²) in [6.07, 6.45) is 3.50. The third kappa shape index (κ3) is 3.92. The van der Waals surface area contributed by atoms with Gasteiger partial charge in [-0.1, -0.05) is 31.2 Å². The van der Waals surface area contributed by atoms with Crippen molar-refractivity contribution in [3.8, 4) is 34.2 Å². The Morgan fingerprint density at radius 1 is 1.06 bits per heavy atom. The number of aryl methyl sites for hydroxylation is 1. The number of halogens is 1. The molecular weight excluding hydrogens is 424 g/mol. The first kappa shape index (κ1) is 21.4. The van der Waals surface area contributed by atoms with Gasteiger partial charge in [0, 0.05) is 15.8 Å². The number of nitriles is 1. The van der Waals surface area contributed by atoms with Gasteiger partial charge in [-0.3, -0.25) is 0 Å². The van der Waals surface area contributed by atoms with Crippen LogP contribution in [0.25, 0.3) is 32.6 Å². The van der Waals surface area contributed by atoms with Gasteiger partial charge in [0.2, 0.25) is 0 Å². The third-order valence-electron chi connectivity index (χ3n) is 5.98. The lowest BCUT2D eigenvalue weighted by atomic mass is 9.87. The van der Waals surface area contributed by atoms with E-state index in [2.05, 4.69) is 31.2 Å². The maximum Gasteiger partial charge on any atom is 0.125 e. The van der Waals surface area contributed by atoms with Crippen molar-refractivity contribution in [1.82, 2.24) is 4.98 Å². The SMILES string of the molecule is COc1ccc(-c2cc(-c3ccc(C#N)cc3)nc3sc4c(c23)CCC(C)C4)cc1.Cl. The standard InChI is InChI=1S/C26H22N2OS.ClH/c1-16-3-12-21-24(13-16)30-26-25(21)22(18-8-10-20(29-2)11-9-18)14-23(28-26)19-6-4-17(15-27)5-7-19;/h4-11,14,16H,3,12-13H2,1-2H3;1H. The van der Waals surface area contributed by atoms with E-state index < -0.39 is 0 Å². The normalized spacial score (nSPS) is 15.1. The minimum atomic E-state index is 0. The van der Waals surface area contributed by atoms with Crippen molar-refractivity contribution < 1.29 is 4.74 Å². The molecule has 2 aromatic carbocycles. The maximum atomic E-state index is 9.12. The predicted molar refractivity (Wildman–Crippen MR) is 130 cm³/mol. The first-order valence-electron chi connectivity index (χ1n) is 10.3. The molecule has 0 saturated heterocycles. The Hall–Kier alpha value is -2.87. The number of thiophene rings is 1. The highest BCUT2D eigenvalue weighted by Gasteiger charge is 2.24. The quantitative estimate of drug-likeness (QED) is 0.338. The fraction of sp³-hybridized carbons (Fsp3) is 0.231. The molecule has 5 rings (SSSR count). The fourth-order valence-corrected chi connectivity index (χ4v) is 5.71. The largest absolute Gasteiger partial charge is 0.497 e. The molecule has 0 saturated carbocycles. The Labute approximate surface area is 192 Å². The Morgan fingerprint density at radius 3 is 2.45 bits per heavy atom. The molecule has 31 heavy (non-hydrogen) atoms. The van der Waals surface area contributed by atoms with E-state index in [9.17, 15) is 0 Å². The molecule has 1 aliphatic rings. The van der Waals surface area contributed by atoms with Gasteiger partial charge in [0.05, 0.1) is 24.4 Å². The average Bonchev–Trinajstić information content (AvgIpc) is 3.16. The molecule has 2 aromatic heterocycles. The van der Waals surface area contributed by atoms with E-state index in [0.717, 1.165) is 40.6 Å². The number of rotatable bonds is 3. The number of methoxy groups -OCH3 is 1. The van der Waals surface area contributed by atoms with Crippen molar-refractivity contribution in [1.29, 1.82) is 5.26 Å². The molecule has 156 valence electrons. The van der Waals surface area contributed by atoms with Crippen molar-refractivity contribution in [2.75, 3.05) is 7.11 Å². The van der Waals surface area contributed by atoms with Gasteiger partial charge >= 0.3 is 0 Å². The van der Waals surface area contributed by atoms with Crippen molar-refractivity contribution in [3.05, 3.63) is 70.6 Å². The van der Waals surface area contributed by atoms with Crippen LogP contribution in [0.5, 0.6) is 5.75 Å². The van der Waals surface area contributed by atoms with E-state index >= 15 is 0 Å². The maximum absolute atomic E-state index is 9.12. The zero-order chi connectivity index (χ0) is 20.7. The first-order valence-corrected chi connectivity index (χ1v) is 11.1. The minimum Gasteiger partial charge on any atom is -0.497 e. The second-order valence-corrected chi connectivity index (χ2v) is 9.09. The highest BCUT2D eigenvalue weighted by molar-refractivity contribution is 7.19. The van der Waals surface area contributed by atoms with Crippen LogP contribution >= 0.6 is 23.7 Å². The van der Waals surface area contributed by atoms with E-state index in [0.29, 0.717) is 5.56 Å². The number of hydrogen-bond acceptors (Lipinski definition) is 4. The Balaban J connectivity index is 0.00000231. The monoisotopic (exact) mass is 446 g/mol. The summed E-state index contributed by atoms with van der Waals surface area (Å²) in [5, 5.41) is 10.4. The smallest absolute Gasteiger partial charge is 0.125 e. The number of pyridine rings is 1. The lowest BCUT2D eigenvalue weighted by Crippen LogP contribution is -2.08. The van der Waals surface area contributed by atoms with E-state index in [1.54, 1.807) is 7.11 Å². The van der Waals surface area contributed by atoms with Gasteiger partial charge in [-0.15, -0.1) is 23.7 Å². The average molecular weight is 447 g/mol. The molecule has 0 aliphatic heterocycles. The van der Waals surface area contributed by atoms with Crippen molar-refractivity contribution in [2.24, 2.45) is 5.92 Å². The Bertz CT molecular complexity index is 1270.